The third-order valence-corrected chi connectivity index (χ3v) is 9.27. The van der Waals surface area contributed by atoms with Gasteiger partial charge in [0.15, 0.2) is 5.82 Å². The van der Waals surface area contributed by atoms with Gasteiger partial charge in [-0.2, -0.15) is 0 Å². The molecule has 8 heteroatoms. The van der Waals surface area contributed by atoms with Crippen LogP contribution in [0.5, 0.6) is 0 Å². The summed E-state index contributed by atoms with van der Waals surface area (Å²) in [6.07, 6.45) is 0. The lowest BCUT2D eigenvalue weighted by molar-refractivity contribution is -0.127. The first-order valence-electron chi connectivity index (χ1n) is 12.5. The van der Waals surface area contributed by atoms with E-state index >= 15 is 0 Å². The number of amides is 1. The number of aromatic amines is 1. The van der Waals surface area contributed by atoms with Crippen LogP contribution in [0.4, 0.5) is 11.4 Å². The maximum absolute atomic E-state index is 14.6. The molecule has 0 radical (unpaired) electrons. The van der Waals surface area contributed by atoms with E-state index in [0.29, 0.717) is 11.7 Å². The number of Topliss-reactive ketones (excluding diaryl/α,β-unsaturated/α-hetero) is 1. The number of H-pyrrole nitrogens is 1. The van der Waals surface area contributed by atoms with Crippen LogP contribution in [-0.2, 0) is 10.3 Å². The number of ketones is 1. The number of rotatable bonds is 4. The molecule has 0 saturated carbocycles. The monoisotopic (exact) mass is 509 g/mol. The number of aromatic nitrogens is 2. The second-order valence-corrected chi connectivity index (χ2v) is 11.3. The SMILES string of the molecule is CN(C)c1ccc(C2C3CSCN3[C@@]3(C(=O)Nc4ccccc43)C2C(=O)c2nc3ccccc3[nH]2)cc1. The average molecular weight is 510 g/mol. The van der Waals surface area contributed by atoms with Crippen LogP contribution in [0.1, 0.15) is 27.7 Å². The van der Waals surface area contributed by atoms with Gasteiger partial charge in [-0.3, -0.25) is 14.5 Å². The maximum atomic E-state index is 14.6. The fourth-order valence-electron chi connectivity index (χ4n) is 6.62. The second-order valence-electron chi connectivity index (χ2n) is 10.3. The van der Waals surface area contributed by atoms with Gasteiger partial charge in [-0.1, -0.05) is 42.5 Å². The standard InChI is InChI=1S/C29H27N5O2S/c1-33(2)18-13-11-17(12-14-18)24-23-15-37-16-34(23)29(19-7-3-4-8-20(19)32-28(29)36)25(24)26(35)27-30-21-9-5-6-10-22(21)31-27/h3-14,23-25H,15-16H2,1-2H3,(H,30,31)(H,32,36)/t23?,24?,25?,29-/m1/s1. The molecule has 7 nitrogen and oxygen atoms in total. The van der Waals surface area contributed by atoms with E-state index in [9.17, 15) is 9.59 Å². The largest absolute Gasteiger partial charge is 0.378 e. The van der Waals surface area contributed by atoms with Gasteiger partial charge in [0.1, 0.15) is 5.54 Å². The molecule has 2 saturated heterocycles. The zero-order valence-corrected chi connectivity index (χ0v) is 21.5. The van der Waals surface area contributed by atoms with Gasteiger partial charge in [0.2, 0.25) is 11.7 Å². The number of carbonyl (C=O) groups excluding carboxylic acids is 2. The molecule has 7 rings (SSSR count). The van der Waals surface area contributed by atoms with Crippen molar-refractivity contribution in [3.63, 3.8) is 0 Å². The zero-order chi connectivity index (χ0) is 25.3. The van der Waals surface area contributed by atoms with Crippen molar-refractivity contribution in [2.45, 2.75) is 17.5 Å². The number of hydrogen-bond donors (Lipinski definition) is 2. The lowest BCUT2D eigenvalue weighted by Gasteiger charge is -2.36. The van der Waals surface area contributed by atoms with Gasteiger partial charge in [-0.05, 0) is 35.9 Å². The normalized spacial score (nSPS) is 26.4. The first-order chi connectivity index (χ1) is 18.0. The molecule has 0 aliphatic carbocycles. The number of carbonyl (C=O) groups is 2. The average Bonchev–Trinajstić information content (AvgIpc) is 3.66. The van der Waals surface area contributed by atoms with Crippen molar-refractivity contribution in [3.05, 3.63) is 89.7 Å². The minimum Gasteiger partial charge on any atom is -0.378 e. The summed E-state index contributed by atoms with van der Waals surface area (Å²) in [6, 6.07) is 24.0. The molecule has 4 heterocycles. The number of para-hydroxylation sites is 3. The lowest BCUT2D eigenvalue weighted by Crippen LogP contribution is -2.52. The summed E-state index contributed by atoms with van der Waals surface area (Å²) >= 11 is 1.83. The molecule has 4 atom stereocenters. The Balaban J connectivity index is 1.45. The van der Waals surface area contributed by atoms with Crippen molar-refractivity contribution in [1.29, 1.82) is 0 Å². The lowest BCUT2D eigenvalue weighted by atomic mass is 9.70. The van der Waals surface area contributed by atoms with Crippen LogP contribution in [0.3, 0.4) is 0 Å². The van der Waals surface area contributed by atoms with Gasteiger partial charge < -0.3 is 15.2 Å². The molecule has 1 spiro atoms. The number of hydrogen-bond acceptors (Lipinski definition) is 6. The number of thioether (sulfide) groups is 1. The van der Waals surface area contributed by atoms with E-state index in [1.54, 1.807) is 0 Å². The summed E-state index contributed by atoms with van der Waals surface area (Å²) in [6.45, 7) is 0. The predicted molar refractivity (Wildman–Crippen MR) is 147 cm³/mol. The van der Waals surface area contributed by atoms with Crippen LogP contribution in [0.2, 0.25) is 0 Å². The summed E-state index contributed by atoms with van der Waals surface area (Å²) in [5.74, 6) is 0.833. The Kier molecular flexibility index (Phi) is 5.00. The van der Waals surface area contributed by atoms with Gasteiger partial charge in [-0.25, -0.2) is 4.98 Å². The number of benzene rings is 3. The predicted octanol–water partition coefficient (Wildman–Crippen LogP) is 4.45. The van der Waals surface area contributed by atoms with E-state index in [2.05, 4.69) is 49.4 Å². The smallest absolute Gasteiger partial charge is 0.250 e. The van der Waals surface area contributed by atoms with E-state index in [1.165, 1.54) is 0 Å². The zero-order valence-electron chi connectivity index (χ0n) is 20.6. The fraction of sp³-hybridized carbons (Fsp3) is 0.276. The Hall–Kier alpha value is -3.62. The molecule has 37 heavy (non-hydrogen) atoms. The Bertz CT molecular complexity index is 1510. The Morgan fingerprint density at radius 2 is 1.81 bits per heavy atom. The van der Waals surface area contributed by atoms with E-state index < -0.39 is 11.5 Å². The maximum Gasteiger partial charge on any atom is 0.250 e. The van der Waals surface area contributed by atoms with Gasteiger partial charge in [-0.15, -0.1) is 11.8 Å². The van der Waals surface area contributed by atoms with Crippen molar-refractivity contribution < 1.29 is 9.59 Å². The molecule has 2 fully saturated rings. The minimum atomic E-state index is -1.09. The van der Waals surface area contributed by atoms with Gasteiger partial charge >= 0.3 is 0 Å². The fourth-order valence-corrected chi connectivity index (χ4v) is 7.94. The van der Waals surface area contributed by atoms with Crippen LogP contribution < -0.4 is 10.2 Å². The van der Waals surface area contributed by atoms with Crippen LogP contribution in [-0.4, -0.2) is 58.3 Å². The summed E-state index contributed by atoms with van der Waals surface area (Å²) in [5, 5.41) is 3.12. The number of fused-ring (bicyclic) bond motifs is 5. The third-order valence-electron chi connectivity index (χ3n) is 8.23. The molecule has 4 aromatic rings. The Labute approximate surface area is 219 Å². The molecule has 3 aliphatic rings. The molecule has 2 N–H and O–H groups in total. The highest BCUT2D eigenvalue weighted by molar-refractivity contribution is 7.99. The Morgan fingerprint density at radius 1 is 1.05 bits per heavy atom. The van der Waals surface area contributed by atoms with E-state index in [0.717, 1.165) is 39.3 Å². The quantitative estimate of drug-likeness (QED) is 0.396. The molecule has 3 unspecified atom stereocenters. The highest BCUT2D eigenvalue weighted by Gasteiger charge is 2.69. The molecule has 1 aromatic heterocycles. The molecule has 3 aliphatic heterocycles. The highest BCUT2D eigenvalue weighted by atomic mass is 32.2. The number of nitrogens with one attached hydrogen (secondary N) is 2. The number of imidazole rings is 1. The van der Waals surface area contributed by atoms with E-state index in [1.807, 2.05) is 74.4 Å². The van der Waals surface area contributed by atoms with Crippen molar-refractivity contribution in [2.24, 2.45) is 5.92 Å². The van der Waals surface area contributed by atoms with Crippen molar-refractivity contribution in [1.82, 2.24) is 14.9 Å². The molecular weight excluding hydrogens is 482 g/mol. The van der Waals surface area contributed by atoms with Crippen LogP contribution in [0.25, 0.3) is 11.0 Å². The Morgan fingerprint density at radius 3 is 2.59 bits per heavy atom. The van der Waals surface area contributed by atoms with E-state index in [-0.39, 0.29) is 23.7 Å². The van der Waals surface area contributed by atoms with Crippen molar-refractivity contribution in [2.75, 3.05) is 35.9 Å². The third kappa shape index (κ3) is 3.09. The van der Waals surface area contributed by atoms with Crippen LogP contribution in [0, 0.1) is 5.92 Å². The van der Waals surface area contributed by atoms with Gasteiger partial charge in [0.05, 0.1) is 17.0 Å². The summed E-state index contributed by atoms with van der Waals surface area (Å²) in [4.78, 5) is 41.0. The summed E-state index contributed by atoms with van der Waals surface area (Å²) in [5.41, 5.74) is 4.31. The number of anilines is 2. The molecule has 1 amide bonds. The molecular formula is C29H27N5O2S. The highest BCUT2D eigenvalue weighted by Crippen LogP contribution is 2.61. The van der Waals surface area contributed by atoms with Crippen molar-refractivity contribution in [3.8, 4) is 0 Å². The van der Waals surface area contributed by atoms with Gasteiger partial charge in [0, 0.05) is 54.6 Å². The summed E-state index contributed by atoms with van der Waals surface area (Å²) < 4.78 is 0. The minimum absolute atomic E-state index is 0.0467. The first-order valence-corrected chi connectivity index (χ1v) is 13.7. The molecule has 3 aromatic carbocycles. The molecule has 0 bridgehead atoms. The van der Waals surface area contributed by atoms with Crippen LogP contribution in [0.15, 0.2) is 72.8 Å². The van der Waals surface area contributed by atoms with Gasteiger partial charge in [0.25, 0.3) is 0 Å². The molecule has 186 valence electrons. The topological polar surface area (TPSA) is 81.3 Å². The first kappa shape index (κ1) is 22.6. The van der Waals surface area contributed by atoms with E-state index in [4.69, 9.17) is 0 Å². The van der Waals surface area contributed by atoms with Crippen molar-refractivity contribution >= 4 is 45.9 Å². The number of nitrogens with zero attached hydrogens (tertiary/aromatic N) is 3. The van der Waals surface area contributed by atoms with Crippen LogP contribution >= 0.6 is 11.8 Å². The summed E-state index contributed by atoms with van der Waals surface area (Å²) in [7, 11) is 4.03. The second kappa shape index (κ2) is 8.19.